The van der Waals surface area contributed by atoms with Gasteiger partial charge in [0.2, 0.25) is 0 Å². The summed E-state index contributed by atoms with van der Waals surface area (Å²) < 4.78 is 18.7. The van der Waals surface area contributed by atoms with Crippen molar-refractivity contribution in [1.82, 2.24) is 24.1 Å². The number of nitrogens with zero attached hydrogens (tertiary/aromatic N) is 4. The number of likely N-dealkylation sites (tertiary alicyclic amines) is 1. The predicted molar refractivity (Wildman–Crippen MR) is 152 cm³/mol. The molecule has 1 fully saturated rings. The van der Waals surface area contributed by atoms with Crippen LogP contribution in [0.25, 0.3) is 5.69 Å². The predicted octanol–water partition coefficient (Wildman–Crippen LogP) is 4.13. The number of pyridine rings is 1. The van der Waals surface area contributed by atoms with Crippen LogP contribution >= 0.6 is 0 Å². The van der Waals surface area contributed by atoms with Crippen molar-refractivity contribution in [3.8, 4) is 5.69 Å². The number of H-pyrrole nitrogens is 1. The van der Waals surface area contributed by atoms with Crippen LogP contribution < -0.4 is 10.9 Å². The molecule has 2 aromatic heterocycles. The van der Waals surface area contributed by atoms with E-state index in [-0.39, 0.29) is 23.2 Å². The summed E-state index contributed by atoms with van der Waals surface area (Å²) in [7, 11) is 5.32. The summed E-state index contributed by atoms with van der Waals surface area (Å²) in [6.45, 7) is 5.25. The normalized spacial score (nSPS) is 15.5. The van der Waals surface area contributed by atoms with Gasteiger partial charge in [-0.25, -0.2) is 4.39 Å². The van der Waals surface area contributed by atoms with Gasteiger partial charge >= 0.3 is 0 Å². The number of anilines is 1. The lowest BCUT2D eigenvalue weighted by atomic mass is 9.88. The number of nitrogens with one attached hydrogen (secondary N) is 2. The first-order valence-electron chi connectivity index (χ1n) is 13.5. The molecule has 0 unspecified atom stereocenters. The van der Waals surface area contributed by atoms with E-state index in [9.17, 15) is 14.0 Å². The Morgan fingerprint density at radius 1 is 1.13 bits per heavy atom. The fourth-order valence-electron chi connectivity index (χ4n) is 5.66. The van der Waals surface area contributed by atoms with Gasteiger partial charge in [0.25, 0.3) is 11.5 Å². The number of aromatic amines is 1. The van der Waals surface area contributed by atoms with Crippen LogP contribution in [-0.4, -0.2) is 63.8 Å². The molecule has 0 bridgehead atoms. The molecule has 206 valence electrons. The van der Waals surface area contributed by atoms with E-state index in [1.165, 1.54) is 11.0 Å². The summed E-state index contributed by atoms with van der Waals surface area (Å²) in [4.78, 5) is 29.2. The lowest BCUT2D eigenvalue weighted by molar-refractivity contribution is 0.0827. The fraction of sp³-hybridized carbons (Fsp3) is 0.400. The third-order valence-electron chi connectivity index (χ3n) is 7.94. The van der Waals surface area contributed by atoms with E-state index in [1.54, 1.807) is 30.8 Å². The van der Waals surface area contributed by atoms with Crippen LogP contribution in [0.15, 0.2) is 53.6 Å². The molecule has 3 aromatic rings. The summed E-state index contributed by atoms with van der Waals surface area (Å²) in [6.07, 6.45) is 6.14. The van der Waals surface area contributed by atoms with Crippen molar-refractivity contribution >= 4 is 11.6 Å². The van der Waals surface area contributed by atoms with E-state index in [0.29, 0.717) is 11.1 Å². The highest BCUT2D eigenvalue weighted by Crippen LogP contribution is 2.31. The molecule has 4 heterocycles. The van der Waals surface area contributed by atoms with Crippen molar-refractivity contribution in [2.24, 2.45) is 7.05 Å². The third-order valence-corrected chi connectivity index (χ3v) is 7.94. The molecule has 0 atom stereocenters. The van der Waals surface area contributed by atoms with Crippen molar-refractivity contribution in [2.45, 2.75) is 38.6 Å². The number of halogens is 1. The van der Waals surface area contributed by atoms with E-state index >= 15 is 0 Å². The molecule has 0 radical (unpaired) electrons. The van der Waals surface area contributed by atoms with E-state index in [0.717, 1.165) is 73.6 Å². The second kappa shape index (κ2) is 11.1. The van der Waals surface area contributed by atoms with E-state index in [2.05, 4.69) is 21.4 Å². The van der Waals surface area contributed by atoms with Crippen LogP contribution in [0.2, 0.25) is 0 Å². The molecule has 0 spiro atoms. The minimum atomic E-state index is -0.300. The smallest absolute Gasteiger partial charge is 0.260 e. The van der Waals surface area contributed by atoms with Gasteiger partial charge in [0.05, 0.1) is 5.69 Å². The molecular weight excluding hydrogens is 495 g/mol. The number of benzene rings is 1. The number of fused-ring (bicyclic) bond motifs is 1. The molecule has 1 aromatic carbocycles. The first-order valence-corrected chi connectivity index (χ1v) is 13.5. The van der Waals surface area contributed by atoms with Gasteiger partial charge in [-0.15, -0.1) is 0 Å². The van der Waals surface area contributed by atoms with Gasteiger partial charge in [0, 0.05) is 69.1 Å². The maximum Gasteiger partial charge on any atom is 0.260 e. The Labute approximate surface area is 228 Å². The lowest BCUT2D eigenvalue weighted by Crippen LogP contribution is -2.33. The number of aromatic nitrogens is 3. The van der Waals surface area contributed by atoms with Crippen LogP contribution in [0.3, 0.4) is 0 Å². The van der Waals surface area contributed by atoms with E-state index in [1.807, 2.05) is 43.2 Å². The molecule has 0 aliphatic carbocycles. The summed E-state index contributed by atoms with van der Waals surface area (Å²) >= 11 is 0. The summed E-state index contributed by atoms with van der Waals surface area (Å²) in [5.74, 6) is -0.365. The van der Waals surface area contributed by atoms with Crippen LogP contribution in [-0.2, 0) is 20.0 Å². The van der Waals surface area contributed by atoms with Gasteiger partial charge in [-0.2, -0.15) is 0 Å². The zero-order chi connectivity index (χ0) is 27.7. The summed E-state index contributed by atoms with van der Waals surface area (Å²) in [6, 6.07) is 10.9. The highest BCUT2D eigenvalue weighted by atomic mass is 19.1. The molecular formula is C30H37FN6O2. The van der Waals surface area contributed by atoms with Crippen LogP contribution in [0, 0.1) is 12.7 Å². The number of carbonyl (C=O) groups is 1. The maximum atomic E-state index is 14.9. The van der Waals surface area contributed by atoms with Crippen LogP contribution in [0.4, 0.5) is 10.1 Å². The Hall–Kier alpha value is -3.85. The molecule has 8 nitrogen and oxygen atoms in total. The summed E-state index contributed by atoms with van der Waals surface area (Å²) in [5, 5.41) is 6.57. The molecule has 2 aliphatic rings. The maximum absolute atomic E-state index is 14.9. The molecule has 9 heteroatoms. The van der Waals surface area contributed by atoms with Crippen molar-refractivity contribution in [1.29, 1.82) is 0 Å². The Kier molecular flexibility index (Phi) is 7.61. The standard InChI is InChI=1S/C30H37FN6O2/c1-20-17-23(35(4)33-13-8-28(20)37-16-11-27-25(30(37)39)7-12-32-27)19-36-14-9-21(10-15-36)24-6-5-22(18-26(24)31)29(38)34(2)3/h5-6,8,11,13,16-18,21,32-33H,7,9-10,12,14-15,19H2,1-4H3. The molecule has 1 amide bonds. The Balaban J connectivity index is 1.32. The molecule has 0 saturated carbocycles. The quantitative estimate of drug-likeness (QED) is 0.518. The van der Waals surface area contributed by atoms with Crippen molar-refractivity contribution in [3.05, 3.63) is 92.9 Å². The van der Waals surface area contributed by atoms with Gasteiger partial charge in [-0.3, -0.25) is 23.7 Å². The van der Waals surface area contributed by atoms with Crippen molar-refractivity contribution < 1.29 is 9.18 Å². The van der Waals surface area contributed by atoms with Crippen molar-refractivity contribution in [3.63, 3.8) is 0 Å². The number of hydrogen-bond donors (Lipinski definition) is 2. The molecule has 1 saturated heterocycles. The molecule has 5 rings (SSSR count). The second-order valence-electron chi connectivity index (χ2n) is 10.8. The molecule has 39 heavy (non-hydrogen) atoms. The van der Waals surface area contributed by atoms with Gasteiger partial charge in [0.1, 0.15) is 5.82 Å². The largest absolute Gasteiger partial charge is 0.384 e. The van der Waals surface area contributed by atoms with Gasteiger partial charge < -0.3 is 15.3 Å². The molecule has 2 N–H and O–H groups in total. The fourth-order valence-corrected chi connectivity index (χ4v) is 5.66. The van der Waals surface area contributed by atoms with Gasteiger partial charge in [-0.1, -0.05) is 6.07 Å². The number of aryl methyl sites for hydroxylation is 2. The first kappa shape index (κ1) is 26.7. The topological polar surface area (TPSA) is 78.3 Å². The zero-order valence-electron chi connectivity index (χ0n) is 23.1. The number of carbonyl (C=O) groups excluding carboxylic acids is 1. The average molecular weight is 533 g/mol. The van der Waals surface area contributed by atoms with Gasteiger partial charge in [-0.05, 0) is 86.7 Å². The first-order chi connectivity index (χ1) is 18.7. The minimum Gasteiger partial charge on any atom is -0.384 e. The number of hydrogen-bond acceptors (Lipinski definition) is 4. The van der Waals surface area contributed by atoms with E-state index in [4.69, 9.17) is 0 Å². The van der Waals surface area contributed by atoms with Crippen molar-refractivity contribution in [2.75, 3.05) is 39.0 Å². The number of rotatable bonds is 5. The highest BCUT2D eigenvalue weighted by Gasteiger charge is 2.24. The Morgan fingerprint density at radius 2 is 1.90 bits per heavy atom. The second-order valence-corrected chi connectivity index (χ2v) is 10.8. The van der Waals surface area contributed by atoms with Crippen LogP contribution in [0.1, 0.15) is 51.5 Å². The zero-order valence-corrected chi connectivity index (χ0v) is 23.1. The number of amides is 1. The number of piperidine rings is 1. The SMILES string of the molecule is Cc1cc(CN2CCC(c3ccc(C(=O)N(C)C)cc3F)CC2)n(C)[nH]ccc1-n1ccc2c(c1=O)CCN2. The third kappa shape index (κ3) is 5.49. The minimum absolute atomic E-state index is 0.0220. The van der Waals surface area contributed by atoms with Crippen LogP contribution in [0.5, 0.6) is 0 Å². The molecule has 2 aliphatic heterocycles. The average Bonchev–Trinajstić information content (AvgIpc) is 3.40. The monoisotopic (exact) mass is 532 g/mol. The summed E-state index contributed by atoms with van der Waals surface area (Å²) in [5.41, 5.74) is 5.79. The highest BCUT2D eigenvalue weighted by molar-refractivity contribution is 5.93. The Morgan fingerprint density at radius 3 is 2.62 bits per heavy atom. The Bertz CT molecular complexity index is 1490. The van der Waals surface area contributed by atoms with Gasteiger partial charge in [0.15, 0.2) is 0 Å². The van der Waals surface area contributed by atoms with E-state index < -0.39 is 0 Å². The lowest BCUT2D eigenvalue weighted by Gasteiger charge is -2.32.